The Balaban J connectivity index is 1.84. The molecule has 2 nitrogen and oxygen atoms in total. The van der Waals surface area contributed by atoms with Crippen molar-refractivity contribution in [1.29, 1.82) is 0 Å². The molecule has 0 bridgehead atoms. The van der Waals surface area contributed by atoms with Gasteiger partial charge in [-0.05, 0) is 30.3 Å². The zero-order valence-electron chi connectivity index (χ0n) is 13.9. The van der Waals surface area contributed by atoms with E-state index in [0.717, 1.165) is 10.4 Å². The Labute approximate surface area is 156 Å². The van der Waals surface area contributed by atoms with Crippen LogP contribution in [0.3, 0.4) is 0 Å². The van der Waals surface area contributed by atoms with Gasteiger partial charge in [-0.25, -0.2) is 0 Å². The summed E-state index contributed by atoms with van der Waals surface area (Å²) in [7, 11) is 0. The zero-order valence-corrected chi connectivity index (χ0v) is 14.7. The molecule has 1 aliphatic heterocycles. The summed E-state index contributed by atoms with van der Waals surface area (Å²) in [5.74, 6) is 0. The van der Waals surface area contributed by atoms with Crippen LogP contribution in [0.5, 0.6) is 0 Å². The van der Waals surface area contributed by atoms with Crippen LogP contribution in [0.1, 0.15) is 5.56 Å². The van der Waals surface area contributed by atoms with E-state index in [0.29, 0.717) is 22.1 Å². The van der Waals surface area contributed by atoms with Crippen molar-refractivity contribution in [3.8, 4) is 0 Å². The fraction of sp³-hybridized carbons (Fsp3) is 0.0500. The number of fused-ring (bicyclic) bond motifs is 1. The third-order valence-corrected chi connectivity index (χ3v) is 4.80. The summed E-state index contributed by atoms with van der Waals surface area (Å²) in [4.78, 5) is 1.12. The third-order valence-electron chi connectivity index (χ3n) is 4.55. The summed E-state index contributed by atoms with van der Waals surface area (Å²) in [6.07, 6.45) is 8.87. The molecule has 0 radical (unpaired) electrons. The second kappa shape index (κ2) is 6.58. The third kappa shape index (κ3) is 2.88. The quantitative estimate of drug-likeness (QED) is 0.675. The number of allylic oxidation sites excluding steroid dienone is 5. The molecule has 0 aromatic heterocycles. The molecule has 0 saturated carbocycles. The van der Waals surface area contributed by atoms with E-state index in [1.807, 2.05) is 36.4 Å². The van der Waals surface area contributed by atoms with Crippen molar-refractivity contribution in [2.24, 2.45) is 0 Å². The minimum Gasteiger partial charge on any atom is -0.390 e. The molecule has 0 unspecified atom stereocenters. The molecule has 0 N–H and O–H groups in total. The van der Waals surface area contributed by atoms with Crippen LogP contribution < -0.4 is 4.81 Å². The van der Waals surface area contributed by atoms with Gasteiger partial charge in [0.1, 0.15) is 6.54 Å². The van der Waals surface area contributed by atoms with Crippen molar-refractivity contribution >= 4 is 30.0 Å². The van der Waals surface area contributed by atoms with E-state index in [1.165, 1.54) is 4.49 Å². The smallest absolute Gasteiger partial charge is 0.390 e. The Morgan fingerprint density at radius 1 is 0.923 bits per heavy atom. The van der Waals surface area contributed by atoms with Crippen LogP contribution >= 0.6 is 11.6 Å². The molecule has 2 aliphatic rings. The minimum absolute atomic E-state index is 0.134. The zero-order chi connectivity index (χ0) is 18.1. The number of rotatable bonds is 3. The molecule has 0 fully saturated rings. The topological polar surface area (TPSA) is 6.25 Å². The molecule has 1 heterocycles. The molecule has 4 rings (SSSR count). The molecular formula is C20H16BClF2N2. The first kappa shape index (κ1) is 16.8. The fourth-order valence-corrected chi connectivity index (χ4v) is 3.47. The van der Waals surface area contributed by atoms with Crippen LogP contribution in [0.25, 0.3) is 0 Å². The van der Waals surface area contributed by atoms with Gasteiger partial charge in [0, 0.05) is 22.3 Å². The molecule has 0 amide bonds. The van der Waals surface area contributed by atoms with Gasteiger partial charge in [-0.1, -0.05) is 60.2 Å². The maximum absolute atomic E-state index is 15.5. The van der Waals surface area contributed by atoms with Gasteiger partial charge < -0.3 is 17.9 Å². The summed E-state index contributed by atoms with van der Waals surface area (Å²) in [6, 6.07) is 15.8. The number of hydrogen-bond acceptors (Lipinski definition) is 1. The number of hydrogen-bond donors (Lipinski definition) is 0. The molecule has 130 valence electrons. The van der Waals surface area contributed by atoms with Gasteiger partial charge in [0.2, 0.25) is 0 Å². The molecule has 6 heteroatoms. The Morgan fingerprint density at radius 3 is 2.38 bits per heavy atom. The van der Waals surface area contributed by atoms with Crippen molar-refractivity contribution in [2.45, 2.75) is 6.54 Å². The van der Waals surface area contributed by atoms with Gasteiger partial charge in [-0.15, -0.1) is 0 Å². The molecule has 2 aromatic rings. The van der Waals surface area contributed by atoms with Crippen LogP contribution in [0.15, 0.2) is 90.7 Å². The van der Waals surface area contributed by atoms with Crippen LogP contribution in [0.4, 0.5) is 14.3 Å². The summed E-state index contributed by atoms with van der Waals surface area (Å²) in [6.45, 7) is -3.86. The molecule has 0 saturated heterocycles. The Bertz CT molecular complexity index is 948. The lowest BCUT2D eigenvalue weighted by molar-refractivity contribution is -0.434. The second-order valence-electron chi connectivity index (χ2n) is 6.23. The van der Waals surface area contributed by atoms with Gasteiger partial charge in [0.25, 0.3) is 0 Å². The molecular weight excluding hydrogens is 352 g/mol. The van der Waals surface area contributed by atoms with Crippen molar-refractivity contribution in [1.82, 2.24) is 0 Å². The highest BCUT2D eigenvalue weighted by Gasteiger charge is 2.57. The van der Waals surface area contributed by atoms with Crippen LogP contribution in [-0.4, -0.2) is 17.2 Å². The predicted molar refractivity (Wildman–Crippen MR) is 104 cm³/mol. The van der Waals surface area contributed by atoms with Gasteiger partial charge in [0.05, 0.1) is 5.70 Å². The predicted octanol–water partition coefficient (Wildman–Crippen LogP) is 5.20. The summed E-state index contributed by atoms with van der Waals surface area (Å²) < 4.78 is 32.3. The highest BCUT2D eigenvalue weighted by molar-refractivity contribution is 6.67. The van der Waals surface area contributed by atoms with Crippen molar-refractivity contribution in [2.75, 3.05) is 4.81 Å². The van der Waals surface area contributed by atoms with Gasteiger partial charge in [-0.3, -0.25) is 0 Å². The van der Waals surface area contributed by atoms with Crippen LogP contribution in [-0.2, 0) is 6.54 Å². The largest absolute Gasteiger partial charge is 0.732 e. The van der Waals surface area contributed by atoms with E-state index >= 15 is 8.63 Å². The van der Waals surface area contributed by atoms with Gasteiger partial charge >= 0.3 is 6.97 Å². The molecule has 1 aliphatic carbocycles. The lowest BCUT2D eigenvalue weighted by Crippen LogP contribution is -2.50. The summed E-state index contributed by atoms with van der Waals surface area (Å²) in [5.41, 5.74) is 2.25. The highest BCUT2D eigenvalue weighted by Crippen LogP contribution is 2.36. The molecule has 0 atom stereocenters. The lowest BCUT2D eigenvalue weighted by atomic mass is 9.92. The van der Waals surface area contributed by atoms with Gasteiger partial charge in [-0.2, -0.15) is 0 Å². The SMILES string of the molecule is F[B-]1(F)N(c2ccc(Cl)cc2)C2=CC=CC=CC2=[N+]1Cc1ccccc1. The number of halogens is 3. The van der Waals surface area contributed by atoms with E-state index in [-0.39, 0.29) is 6.54 Å². The fourth-order valence-electron chi connectivity index (χ4n) is 3.34. The minimum atomic E-state index is -4.00. The number of benzene rings is 2. The average Bonchev–Trinajstić information content (AvgIpc) is 2.79. The van der Waals surface area contributed by atoms with Crippen LogP contribution in [0.2, 0.25) is 5.02 Å². The number of nitrogens with zero attached hydrogens (tertiary/aromatic N) is 2. The Morgan fingerprint density at radius 2 is 1.65 bits per heavy atom. The first-order valence-corrected chi connectivity index (χ1v) is 8.75. The summed E-state index contributed by atoms with van der Waals surface area (Å²) >= 11 is 5.94. The van der Waals surface area contributed by atoms with Crippen molar-refractivity contribution in [3.63, 3.8) is 0 Å². The Kier molecular flexibility index (Phi) is 4.25. The standard InChI is InChI=1S/C20H16BClF2N2/c22-17-11-13-18(14-12-17)26-20-10-6-2-5-9-19(20)25(21(26,23)24)15-16-7-3-1-4-8-16/h1-14H,15H2. The van der Waals surface area contributed by atoms with E-state index < -0.39 is 6.97 Å². The van der Waals surface area contributed by atoms with E-state index in [1.54, 1.807) is 48.6 Å². The summed E-state index contributed by atoms with van der Waals surface area (Å²) in [5, 5.41) is 0.517. The molecule has 26 heavy (non-hydrogen) atoms. The first-order valence-electron chi connectivity index (χ1n) is 8.38. The lowest BCUT2D eigenvalue weighted by Gasteiger charge is -2.30. The normalized spacial score (nSPS) is 18.0. The molecule has 2 aromatic carbocycles. The monoisotopic (exact) mass is 368 g/mol. The number of anilines is 1. The van der Waals surface area contributed by atoms with Crippen LogP contribution in [0, 0.1) is 0 Å². The van der Waals surface area contributed by atoms with Crippen molar-refractivity contribution < 1.29 is 13.1 Å². The van der Waals surface area contributed by atoms with Gasteiger partial charge in [0.15, 0.2) is 5.71 Å². The van der Waals surface area contributed by atoms with E-state index in [2.05, 4.69) is 0 Å². The first-order chi connectivity index (χ1) is 12.6. The van der Waals surface area contributed by atoms with E-state index in [4.69, 9.17) is 11.6 Å². The van der Waals surface area contributed by atoms with E-state index in [9.17, 15) is 0 Å². The highest BCUT2D eigenvalue weighted by atomic mass is 35.5. The maximum Gasteiger partial charge on any atom is 0.732 e. The average molecular weight is 369 g/mol. The Hall–Kier alpha value is -2.66. The molecule has 0 spiro atoms. The van der Waals surface area contributed by atoms with Crippen molar-refractivity contribution in [3.05, 3.63) is 101 Å². The second-order valence-corrected chi connectivity index (χ2v) is 6.67. The maximum atomic E-state index is 15.5.